The minimum Gasteiger partial charge on any atom is -0.367 e. The second-order valence-electron chi connectivity index (χ2n) is 5.98. The monoisotopic (exact) mass is 293 g/mol. The van der Waals surface area contributed by atoms with Crippen molar-refractivity contribution in [2.45, 2.75) is 26.4 Å². The summed E-state index contributed by atoms with van der Waals surface area (Å²) in [4.78, 5) is 5.68. The Bertz CT molecular complexity index is 839. The summed E-state index contributed by atoms with van der Waals surface area (Å²) in [7, 11) is 0. The first-order valence-corrected chi connectivity index (χ1v) is 7.55. The largest absolute Gasteiger partial charge is 0.367 e. The van der Waals surface area contributed by atoms with Gasteiger partial charge in [0.15, 0.2) is 0 Å². The number of aromatic nitrogens is 3. The van der Waals surface area contributed by atoms with Gasteiger partial charge in [-0.2, -0.15) is 5.10 Å². The highest BCUT2D eigenvalue weighted by Crippen LogP contribution is 2.29. The maximum absolute atomic E-state index is 4.07. The molecule has 1 aliphatic rings. The molecule has 1 aliphatic heterocycles. The molecule has 0 amide bonds. The molecule has 3 aromatic rings. The molecule has 4 rings (SSSR count). The zero-order chi connectivity index (χ0) is 15.1. The Morgan fingerprint density at radius 3 is 3.05 bits per heavy atom. The van der Waals surface area contributed by atoms with E-state index in [0.717, 1.165) is 28.8 Å². The van der Waals surface area contributed by atoms with Gasteiger partial charge in [-0.1, -0.05) is 0 Å². The third-order valence-electron chi connectivity index (χ3n) is 4.14. The van der Waals surface area contributed by atoms with Crippen molar-refractivity contribution in [1.29, 1.82) is 0 Å². The molecular weight excluding hydrogens is 274 g/mol. The van der Waals surface area contributed by atoms with E-state index in [4.69, 9.17) is 0 Å². The maximum atomic E-state index is 4.07. The van der Waals surface area contributed by atoms with Crippen LogP contribution in [0.2, 0.25) is 0 Å². The molecule has 0 fully saturated rings. The van der Waals surface area contributed by atoms with Crippen molar-refractivity contribution in [3.63, 3.8) is 0 Å². The minimum absolute atomic E-state index is 0.463. The summed E-state index contributed by atoms with van der Waals surface area (Å²) in [6.45, 7) is 5.34. The van der Waals surface area contributed by atoms with E-state index in [1.54, 1.807) is 0 Å². The molecule has 0 bridgehead atoms. The fourth-order valence-corrected chi connectivity index (χ4v) is 2.86. The van der Waals surface area contributed by atoms with E-state index in [1.807, 2.05) is 18.5 Å². The van der Waals surface area contributed by atoms with Crippen LogP contribution in [0.4, 0.5) is 5.69 Å². The number of aromatic amines is 2. The Labute approximate surface area is 129 Å². The van der Waals surface area contributed by atoms with Gasteiger partial charge in [-0.05, 0) is 38.1 Å². The van der Waals surface area contributed by atoms with Crippen LogP contribution in [-0.2, 0) is 6.54 Å². The van der Waals surface area contributed by atoms with Crippen LogP contribution in [0.3, 0.4) is 0 Å². The van der Waals surface area contributed by atoms with E-state index in [-0.39, 0.29) is 0 Å². The molecule has 5 nitrogen and oxygen atoms in total. The molecule has 0 radical (unpaired) electrons. The number of nitrogens with zero attached hydrogens (tertiary/aromatic N) is 2. The highest BCUT2D eigenvalue weighted by molar-refractivity contribution is 5.86. The SMILES string of the molecule is CC(C)N1C=C(Nc2ccc3[nH]ncc3c2)c2cc[nH]c2C1. The number of anilines is 1. The molecule has 0 saturated heterocycles. The summed E-state index contributed by atoms with van der Waals surface area (Å²) in [5, 5.41) is 11.7. The summed E-state index contributed by atoms with van der Waals surface area (Å²) in [6.07, 6.45) is 6.06. The maximum Gasteiger partial charge on any atom is 0.0651 e. The first-order valence-electron chi connectivity index (χ1n) is 7.55. The van der Waals surface area contributed by atoms with Crippen molar-refractivity contribution in [2.24, 2.45) is 0 Å². The lowest BCUT2D eigenvalue weighted by Crippen LogP contribution is -2.29. The van der Waals surface area contributed by atoms with Crippen LogP contribution in [-0.4, -0.2) is 26.1 Å². The fraction of sp³-hybridized carbons (Fsp3) is 0.235. The third kappa shape index (κ3) is 2.15. The Hall–Kier alpha value is -2.69. The zero-order valence-corrected chi connectivity index (χ0v) is 12.7. The molecule has 0 aliphatic carbocycles. The summed E-state index contributed by atoms with van der Waals surface area (Å²) < 4.78 is 0. The van der Waals surface area contributed by atoms with E-state index >= 15 is 0 Å². The molecule has 0 spiro atoms. The Morgan fingerprint density at radius 2 is 2.18 bits per heavy atom. The van der Waals surface area contributed by atoms with Crippen molar-refractivity contribution in [2.75, 3.05) is 5.32 Å². The highest BCUT2D eigenvalue weighted by Gasteiger charge is 2.20. The minimum atomic E-state index is 0.463. The third-order valence-corrected chi connectivity index (χ3v) is 4.14. The van der Waals surface area contributed by atoms with Crippen LogP contribution in [0.15, 0.2) is 42.9 Å². The summed E-state index contributed by atoms with van der Waals surface area (Å²) in [6, 6.07) is 8.82. The molecule has 1 aromatic carbocycles. The van der Waals surface area contributed by atoms with Crippen LogP contribution in [0.25, 0.3) is 16.6 Å². The van der Waals surface area contributed by atoms with Crippen molar-refractivity contribution in [1.82, 2.24) is 20.1 Å². The number of benzene rings is 1. The fourth-order valence-electron chi connectivity index (χ4n) is 2.86. The molecule has 0 saturated carbocycles. The lowest BCUT2D eigenvalue weighted by Gasteiger charge is -2.30. The number of rotatable bonds is 3. The van der Waals surface area contributed by atoms with Crippen LogP contribution in [0.5, 0.6) is 0 Å². The number of hydrogen-bond acceptors (Lipinski definition) is 3. The Balaban J connectivity index is 1.70. The van der Waals surface area contributed by atoms with Gasteiger partial charge in [0.2, 0.25) is 0 Å². The van der Waals surface area contributed by atoms with E-state index < -0.39 is 0 Å². The van der Waals surface area contributed by atoms with Gasteiger partial charge in [-0.15, -0.1) is 0 Å². The smallest absolute Gasteiger partial charge is 0.0651 e. The van der Waals surface area contributed by atoms with E-state index in [0.29, 0.717) is 6.04 Å². The molecule has 5 heteroatoms. The number of H-pyrrole nitrogens is 2. The number of nitrogens with one attached hydrogen (secondary N) is 3. The van der Waals surface area contributed by atoms with Crippen LogP contribution >= 0.6 is 0 Å². The van der Waals surface area contributed by atoms with E-state index in [9.17, 15) is 0 Å². The van der Waals surface area contributed by atoms with Gasteiger partial charge in [0.1, 0.15) is 0 Å². The van der Waals surface area contributed by atoms with Gasteiger partial charge < -0.3 is 15.2 Å². The van der Waals surface area contributed by atoms with Crippen molar-refractivity contribution >= 4 is 22.3 Å². The summed E-state index contributed by atoms with van der Waals surface area (Å²) in [5.74, 6) is 0. The van der Waals surface area contributed by atoms with Crippen LogP contribution < -0.4 is 5.32 Å². The summed E-state index contributed by atoms with van der Waals surface area (Å²) >= 11 is 0. The van der Waals surface area contributed by atoms with Gasteiger partial charge in [0, 0.05) is 40.8 Å². The quantitative estimate of drug-likeness (QED) is 0.692. The standard InChI is InChI=1S/C17H19N5/c1-11(2)22-9-16-14(5-6-18-16)17(10-22)20-13-3-4-15-12(7-13)8-19-21-15/h3-8,10-11,18,20H,9H2,1-2H3,(H,19,21). The van der Waals surface area contributed by atoms with Gasteiger partial charge in [-0.25, -0.2) is 0 Å². The molecule has 0 atom stereocenters. The molecule has 22 heavy (non-hydrogen) atoms. The van der Waals surface area contributed by atoms with E-state index in [2.05, 4.69) is 63.6 Å². The highest BCUT2D eigenvalue weighted by atomic mass is 15.2. The lowest BCUT2D eigenvalue weighted by atomic mass is 10.1. The second kappa shape index (κ2) is 4.94. The predicted octanol–water partition coefficient (Wildman–Crippen LogP) is 3.53. The molecule has 0 unspecified atom stereocenters. The molecule has 2 aromatic heterocycles. The first-order chi connectivity index (χ1) is 10.7. The average Bonchev–Trinajstić information content (AvgIpc) is 3.14. The van der Waals surface area contributed by atoms with Crippen molar-refractivity contribution < 1.29 is 0 Å². The Morgan fingerprint density at radius 1 is 1.27 bits per heavy atom. The predicted molar refractivity (Wildman–Crippen MR) is 89.2 cm³/mol. The molecular formula is C17H19N5. The molecule has 3 heterocycles. The summed E-state index contributed by atoms with van der Waals surface area (Å²) in [5.41, 5.74) is 5.73. The Kier molecular flexibility index (Phi) is 2.92. The van der Waals surface area contributed by atoms with Gasteiger partial charge in [0.05, 0.1) is 24.0 Å². The van der Waals surface area contributed by atoms with Crippen LogP contribution in [0.1, 0.15) is 25.1 Å². The van der Waals surface area contributed by atoms with Gasteiger partial charge in [0.25, 0.3) is 0 Å². The van der Waals surface area contributed by atoms with E-state index in [1.165, 1.54) is 11.3 Å². The van der Waals surface area contributed by atoms with Gasteiger partial charge in [-0.3, -0.25) is 5.10 Å². The normalized spacial score (nSPS) is 14.3. The number of hydrogen-bond donors (Lipinski definition) is 3. The van der Waals surface area contributed by atoms with Crippen molar-refractivity contribution in [3.8, 4) is 0 Å². The van der Waals surface area contributed by atoms with Gasteiger partial charge >= 0.3 is 0 Å². The first kappa shape index (κ1) is 13.0. The molecule has 112 valence electrons. The second-order valence-corrected chi connectivity index (χ2v) is 5.98. The lowest BCUT2D eigenvalue weighted by molar-refractivity contribution is 0.297. The van der Waals surface area contributed by atoms with Crippen molar-refractivity contribution in [3.05, 3.63) is 54.1 Å². The van der Waals surface area contributed by atoms with Crippen LogP contribution in [0, 0.1) is 0 Å². The molecule has 3 N–H and O–H groups in total. The topological polar surface area (TPSA) is 59.7 Å². The average molecular weight is 293 g/mol. The number of fused-ring (bicyclic) bond motifs is 2. The zero-order valence-electron chi connectivity index (χ0n) is 12.7.